The van der Waals surface area contributed by atoms with Gasteiger partial charge in [0, 0.05) is 17.2 Å². The van der Waals surface area contributed by atoms with E-state index in [4.69, 9.17) is 11.6 Å². The predicted molar refractivity (Wildman–Crippen MR) is 83.4 cm³/mol. The molecule has 0 atom stereocenters. The maximum absolute atomic E-state index is 12.5. The maximum Gasteiger partial charge on any atom is 0.255 e. The van der Waals surface area contributed by atoms with E-state index >= 15 is 0 Å². The lowest BCUT2D eigenvalue weighted by Gasteiger charge is -2.15. The molecule has 20 heavy (non-hydrogen) atoms. The zero-order valence-electron chi connectivity index (χ0n) is 11.8. The topological polar surface area (TPSA) is 22.0 Å². The SMILES string of the molecule is Cc1ccc(-c2ccc(CCl)c(=O)n2C2CC2)c(C)c1. The lowest BCUT2D eigenvalue weighted by atomic mass is 10.0. The minimum Gasteiger partial charge on any atom is -0.305 e. The number of benzene rings is 1. The summed E-state index contributed by atoms with van der Waals surface area (Å²) in [6, 6.07) is 10.6. The van der Waals surface area contributed by atoms with Crippen molar-refractivity contribution in [3.05, 3.63) is 57.4 Å². The second-order valence-corrected chi connectivity index (χ2v) is 5.87. The average Bonchev–Trinajstić information content (AvgIpc) is 3.23. The molecule has 0 N–H and O–H groups in total. The van der Waals surface area contributed by atoms with Gasteiger partial charge >= 0.3 is 0 Å². The van der Waals surface area contributed by atoms with E-state index in [-0.39, 0.29) is 11.4 Å². The van der Waals surface area contributed by atoms with Crippen LogP contribution < -0.4 is 5.56 Å². The fourth-order valence-corrected chi connectivity index (χ4v) is 2.92. The van der Waals surface area contributed by atoms with Crippen molar-refractivity contribution in [2.45, 2.75) is 38.6 Å². The Labute approximate surface area is 124 Å². The normalized spacial score (nSPS) is 14.6. The molecular weight excluding hydrogens is 270 g/mol. The van der Waals surface area contributed by atoms with Gasteiger partial charge in [-0.1, -0.05) is 29.8 Å². The zero-order chi connectivity index (χ0) is 14.3. The summed E-state index contributed by atoms with van der Waals surface area (Å²) >= 11 is 5.87. The fraction of sp³-hybridized carbons (Fsp3) is 0.353. The highest BCUT2D eigenvalue weighted by atomic mass is 35.5. The van der Waals surface area contributed by atoms with Crippen LogP contribution in [-0.4, -0.2) is 4.57 Å². The summed E-state index contributed by atoms with van der Waals surface area (Å²) in [6.07, 6.45) is 2.17. The third-order valence-corrected chi connectivity index (χ3v) is 4.20. The number of aromatic nitrogens is 1. The molecule has 1 fully saturated rings. The maximum atomic E-state index is 12.5. The second kappa shape index (κ2) is 5.10. The van der Waals surface area contributed by atoms with Crippen LogP contribution in [0.3, 0.4) is 0 Å². The van der Waals surface area contributed by atoms with E-state index in [2.05, 4.69) is 32.0 Å². The second-order valence-electron chi connectivity index (χ2n) is 5.60. The summed E-state index contributed by atoms with van der Waals surface area (Å²) in [5, 5.41) is 0. The molecule has 3 heteroatoms. The van der Waals surface area contributed by atoms with Gasteiger partial charge in [0.15, 0.2) is 0 Å². The Kier molecular flexibility index (Phi) is 3.43. The van der Waals surface area contributed by atoms with Crippen molar-refractivity contribution in [3.63, 3.8) is 0 Å². The van der Waals surface area contributed by atoms with Gasteiger partial charge < -0.3 is 4.57 Å². The van der Waals surface area contributed by atoms with Gasteiger partial charge in [0.25, 0.3) is 5.56 Å². The van der Waals surface area contributed by atoms with E-state index in [0.717, 1.165) is 24.1 Å². The van der Waals surface area contributed by atoms with Gasteiger partial charge in [0.2, 0.25) is 0 Å². The van der Waals surface area contributed by atoms with Gasteiger partial charge in [-0.2, -0.15) is 0 Å². The molecule has 104 valence electrons. The number of halogens is 1. The Bertz CT molecular complexity index is 713. The molecule has 0 aliphatic heterocycles. The number of pyridine rings is 1. The highest BCUT2D eigenvalue weighted by Gasteiger charge is 2.28. The largest absolute Gasteiger partial charge is 0.305 e. The first-order chi connectivity index (χ1) is 9.61. The van der Waals surface area contributed by atoms with Crippen LogP contribution in [0.1, 0.15) is 35.6 Å². The van der Waals surface area contributed by atoms with Crippen LogP contribution >= 0.6 is 11.6 Å². The van der Waals surface area contributed by atoms with E-state index in [9.17, 15) is 4.79 Å². The summed E-state index contributed by atoms with van der Waals surface area (Å²) in [6.45, 7) is 4.18. The molecule has 0 unspecified atom stereocenters. The van der Waals surface area contributed by atoms with Crippen molar-refractivity contribution in [1.82, 2.24) is 4.57 Å². The molecule has 0 amide bonds. The third kappa shape index (κ3) is 2.29. The van der Waals surface area contributed by atoms with Crippen molar-refractivity contribution in [3.8, 4) is 11.3 Å². The highest BCUT2D eigenvalue weighted by Crippen LogP contribution is 2.37. The predicted octanol–water partition coefficient (Wildman–Crippen LogP) is 4.21. The summed E-state index contributed by atoms with van der Waals surface area (Å²) in [4.78, 5) is 12.5. The first-order valence-corrected chi connectivity index (χ1v) is 7.53. The minimum absolute atomic E-state index is 0.0694. The average molecular weight is 288 g/mol. The third-order valence-electron chi connectivity index (χ3n) is 3.91. The number of rotatable bonds is 3. The molecular formula is C17H18ClNO. The van der Waals surface area contributed by atoms with Gasteiger partial charge in [-0.3, -0.25) is 4.79 Å². The lowest BCUT2D eigenvalue weighted by Crippen LogP contribution is -2.23. The number of aryl methyl sites for hydroxylation is 2. The van der Waals surface area contributed by atoms with Crippen molar-refractivity contribution in [1.29, 1.82) is 0 Å². The van der Waals surface area contributed by atoms with Crippen LogP contribution in [0.25, 0.3) is 11.3 Å². The molecule has 1 aliphatic rings. The standard InChI is InChI=1S/C17H18ClNO/c1-11-3-7-15(12(2)9-11)16-8-4-13(10-18)17(20)19(16)14-5-6-14/h3-4,7-9,14H,5-6,10H2,1-2H3. The highest BCUT2D eigenvalue weighted by molar-refractivity contribution is 6.17. The van der Waals surface area contributed by atoms with Crippen LogP contribution in [-0.2, 0) is 5.88 Å². The van der Waals surface area contributed by atoms with Crippen molar-refractivity contribution >= 4 is 11.6 Å². The monoisotopic (exact) mass is 287 g/mol. The van der Waals surface area contributed by atoms with Gasteiger partial charge in [-0.05, 0) is 38.3 Å². The quantitative estimate of drug-likeness (QED) is 0.775. The zero-order valence-corrected chi connectivity index (χ0v) is 12.6. The lowest BCUT2D eigenvalue weighted by molar-refractivity contribution is 0.709. The first-order valence-electron chi connectivity index (χ1n) is 7.00. The Hall–Kier alpha value is -1.54. The van der Waals surface area contributed by atoms with E-state index in [1.165, 1.54) is 11.1 Å². The molecule has 0 spiro atoms. The van der Waals surface area contributed by atoms with E-state index < -0.39 is 0 Å². The molecule has 1 aliphatic carbocycles. The smallest absolute Gasteiger partial charge is 0.255 e. The van der Waals surface area contributed by atoms with Gasteiger partial charge in [0.1, 0.15) is 0 Å². The number of alkyl halides is 1. The number of hydrogen-bond acceptors (Lipinski definition) is 1. The minimum atomic E-state index is 0.0694. The fourth-order valence-electron chi connectivity index (χ4n) is 2.71. The molecule has 0 radical (unpaired) electrons. The van der Waals surface area contributed by atoms with E-state index in [0.29, 0.717) is 11.6 Å². The molecule has 0 saturated heterocycles. The van der Waals surface area contributed by atoms with Gasteiger partial charge in [-0.25, -0.2) is 0 Å². The Morgan fingerprint density at radius 1 is 1.20 bits per heavy atom. The van der Waals surface area contributed by atoms with Gasteiger partial charge in [0.05, 0.1) is 11.6 Å². The Morgan fingerprint density at radius 2 is 1.95 bits per heavy atom. The molecule has 2 aromatic rings. The molecule has 1 aromatic carbocycles. The molecule has 1 heterocycles. The molecule has 3 rings (SSSR count). The van der Waals surface area contributed by atoms with E-state index in [1.54, 1.807) is 0 Å². The van der Waals surface area contributed by atoms with Crippen molar-refractivity contribution < 1.29 is 0 Å². The summed E-state index contributed by atoms with van der Waals surface area (Å²) in [5.41, 5.74) is 5.36. The molecule has 1 aromatic heterocycles. The van der Waals surface area contributed by atoms with Crippen molar-refractivity contribution in [2.24, 2.45) is 0 Å². The molecule has 1 saturated carbocycles. The summed E-state index contributed by atoms with van der Waals surface area (Å²) < 4.78 is 1.94. The summed E-state index contributed by atoms with van der Waals surface area (Å²) in [7, 11) is 0. The van der Waals surface area contributed by atoms with Gasteiger partial charge in [-0.15, -0.1) is 11.6 Å². The van der Waals surface area contributed by atoms with Crippen molar-refractivity contribution in [2.75, 3.05) is 0 Å². The number of hydrogen-bond donors (Lipinski definition) is 0. The Morgan fingerprint density at radius 3 is 2.55 bits per heavy atom. The Balaban J connectivity index is 2.23. The van der Waals surface area contributed by atoms with Crippen LogP contribution in [0.15, 0.2) is 35.1 Å². The summed E-state index contributed by atoms with van der Waals surface area (Å²) in [5.74, 6) is 0.277. The van der Waals surface area contributed by atoms with Crippen LogP contribution in [0.2, 0.25) is 0 Å². The van der Waals surface area contributed by atoms with Crippen LogP contribution in [0.4, 0.5) is 0 Å². The number of nitrogens with zero attached hydrogens (tertiary/aromatic N) is 1. The van der Waals surface area contributed by atoms with Crippen LogP contribution in [0.5, 0.6) is 0 Å². The molecule has 0 bridgehead atoms. The van der Waals surface area contributed by atoms with Crippen LogP contribution in [0, 0.1) is 13.8 Å². The molecule has 2 nitrogen and oxygen atoms in total. The first kappa shape index (κ1) is 13.4. The van der Waals surface area contributed by atoms with E-state index in [1.807, 2.05) is 16.7 Å².